The van der Waals surface area contributed by atoms with E-state index in [1.165, 1.54) is 32.4 Å². The molecule has 0 atom stereocenters. The van der Waals surface area contributed by atoms with Crippen molar-refractivity contribution in [3.05, 3.63) is 59.8 Å². The first kappa shape index (κ1) is 31.9. The van der Waals surface area contributed by atoms with Crippen molar-refractivity contribution in [3.63, 3.8) is 0 Å². The van der Waals surface area contributed by atoms with Crippen LogP contribution in [-0.2, 0) is 27.8 Å². The van der Waals surface area contributed by atoms with Gasteiger partial charge in [-0.15, -0.1) is 0 Å². The largest absolute Gasteiger partial charge is 0.494 e. The first-order valence-corrected chi connectivity index (χ1v) is 15.3. The van der Waals surface area contributed by atoms with E-state index in [-0.39, 0.29) is 24.8 Å². The molecule has 0 aliphatic carbocycles. The molecule has 2 aliphatic heterocycles. The van der Waals surface area contributed by atoms with Crippen molar-refractivity contribution in [2.75, 3.05) is 63.9 Å². The average Bonchev–Trinajstić information content (AvgIpc) is 3.31. The second-order valence-corrected chi connectivity index (χ2v) is 10.9. The van der Waals surface area contributed by atoms with E-state index >= 15 is 0 Å². The van der Waals surface area contributed by atoms with Crippen molar-refractivity contribution >= 4 is 34.9 Å². The number of carboxylic acid groups (broad SMARTS) is 1. The van der Waals surface area contributed by atoms with Crippen LogP contribution >= 0.6 is 0 Å². The Balaban J connectivity index is 0.00000135. The first-order chi connectivity index (χ1) is 21.0. The lowest BCUT2D eigenvalue weighted by Gasteiger charge is -2.36. The normalized spacial score (nSPS) is 15.5. The van der Waals surface area contributed by atoms with Gasteiger partial charge in [-0.05, 0) is 69.6 Å². The van der Waals surface area contributed by atoms with Gasteiger partial charge in [0, 0.05) is 62.1 Å². The van der Waals surface area contributed by atoms with Crippen molar-refractivity contribution in [2.24, 2.45) is 7.05 Å². The summed E-state index contributed by atoms with van der Waals surface area (Å²) in [6, 6.07) is 16.2. The molecule has 43 heavy (non-hydrogen) atoms. The number of benzene rings is 2. The van der Waals surface area contributed by atoms with Gasteiger partial charge in [0.25, 0.3) is 12.4 Å². The highest BCUT2D eigenvalue weighted by Crippen LogP contribution is 2.28. The monoisotopic (exact) mass is 592 g/mol. The number of hydrogen-bond donors (Lipinski definition) is 1. The quantitative estimate of drug-likeness (QED) is 0.212. The lowest BCUT2D eigenvalue weighted by atomic mass is 10.1. The Morgan fingerprint density at radius 1 is 0.930 bits per heavy atom. The zero-order valence-electron chi connectivity index (χ0n) is 25.4. The van der Waals surface area contributed by atoms with Crippen molar-refractivity contribution in [1.29, 1.82) is 0 Å². The second kappa shape index (κ2) is 16.0. The number of anilines is 1. The average molecular weight is 593 g/mol. The minimum absolute atomic E-state index is 0.0240. The topological polar surface area (TPSA) is 105 Å². The molecule has 10 nitrogen and oxygen atoms in total. The number of piperidine rings is 1. The predicted molar refractivity (Wildman–Crippen MR) is 167 cm³/mol. The summed E-state index contributed by atoms with van der Waals surface area (Å²) >= 11 is 0. The van der Waals surface area contributed by atoms with Crippen LogP contribution in [0, 0.1) is 0 Å². The number of rotatable bonds is 10. The Morgan fingerprint density at radius 3 is 2.28 bits per heavy atom. The molecular formula is C33H44N4O6. The van der Waals surface area contributed by atoms with Gasteiger partial charge in [0.05, 0.1) is 25.2 Å². The molecular weight excluding hydrogens is 548 g/mol. The molecule has 2 saturated heterocycles. The van der Waals surface area contributed by atoms with E-state index in [0.29, 0.717) is 31.0 Å². The summed E-state index contributed by atoms with van der Waals surface area (Å²) < 4.78 is 13.2. The Hall–Kier alpha value is -4.05. The minimum Gasteiger partial charge on any atom is -0.494 e. The Morgan fingerprint density at radius 2 is 1.60 bits per heavy atom. The summed E-state index contributed by atoms with van der Waals surface area (Å²) in [7, 11) is 1.91. The van der Waals surface area contributed by atoms with Gasteiger partial charge in [-0.3, -0.25) is 14.4 Å². The SMILES string of the molecule is CCOC(=O)Cc1c(C(=O)N2CCN(c3ccc(OCCCN4CCCCC4)cc3)CC2)c2ccccc2n1C.O=CO. The number of ether oxygens (including phenoxy) is 2. The summed E-state index contributed by atoms with van der Waals surface area (Å²) in [4.78, 5) is 41.3. The van der Waals surface area contributed by atoms with Gasteiger partial charge in [0.15, 0.2) is 0 Å². The van der Waals surface area contributed by atoms with Crippen LogP contribution in [-0.4, -0.2) is 96.8 Å². The van der Waals surface area contributed by atoms with E-state index < -0.39 is 0 Å². The summed E-state index contributed by atoms with van der Waals surface area (Å²) in [5, 5.41) is 7.77. The highest BCUT2D eigenvalue weighted by atomic mass is 16.5. The van der Waals surface area contributed by atoms with E-state index in [1.807, 2.05) is 52.9 Å². The minimum atomic E-state index is -0.318. The molecule has 0 saturated carbocycles. The van der Waals surface area contributed by atoms with Gasteiger partial charge in [-0.2, -0.15) is 0 Å². The molecule has 0 bridgehead atoms. The fraction of sp³-hybridized carbons (Fsp3) is 0.485. The molecule has 1 amide bonds. The number of nitrogens with zero attached hydrogens (tertiary/aromatic N) is 4. The predicted octanol–water partition coefficient (Wildman–Crippen LogP) is 4.20. The molecule has 2 aliphatic rings. The second-order valence-electron chi connectivity index (χ2n) is 10.9. The number of piperazine rings is 1. The summed E-state index contributed by atoms with van der Waals surface area (Å²) in [6.45, 7) is 8.91. The van der Waals surface area contributed by atoms with Crippen molar-refractivity contribution < 1.29 is 29.0 Å². The van der Waals surface area contributed by atoms with Gasteiger partial charge in [-0.25, -0.2) is 0 Å². The molecule has 0 unspecified atom stereocenters. The maximum absolute atomic E-state index is 13.8. The maximum Gasteiger partial charge on any atom is 0.311 e. The molecule has 3 aromatic rings. The van der Waals surface area contributed by atoms with Crippen LogP contribution in [0.2, 0.25) is 0 Å². The van der Waals surface area contributed by atoms with E-state index in [0.717, 1.165) is 55.0 Å². The van der Waals surface area contributed by atoms with E-state index in [4.69, 9.17) is 19.4 Å². The molecule has 1 N–H and O–H groups in total. The van der Waals surface area contributed by atoms with Crippen molar-refractivity contribution in [2.45, 2.75) is 39.0 Å². The lowest BCUT2D eigenvalue weighted by Crippen LogP contribution is -2.49. The molecule has 0 radical (unpaired) electrons. The molecule has 1 aromatic heterocycles. The zero-order chi connectivity index (χ0) is 30.6. The van der Waals surface area contributed by atoms with Crippen LogP contribution in [0.15, 0.2) is 48.5 Å². The maximum atomic E-state index is 13.8. The molecule has 2 fully saturated rings. The van der Waals surface area contributed by atoms with Gasteiger partial charge in [0.1, 0.15) is 5.75 Å². The molecule has 3 heterocycles. The number of likely N-dealkylation sites (tertiary alicyclic amines) is 1. The lowest BCUT2D eigenvalue weighted by molar-refractivity contribution is -0.142. The van der Waals surface area contributed by atoms with Crippen LogP contribution in [0.3, 0.4) is 0 Å². The fourth-order valence-corrected chi connectivity index (χ4v) is 5.98. The van der Waals surface area contributed by atoms with Gasteiger partial charge in [-0.1, -0.05) is 24.6 Å². The smallest absolute Gasteiger partial charge is 0.311 e. The number of carbonyl (C=O) groups is 3. The molecule has 10 heteroatoms. The Labute approximate surface area is 253 Å². The third-order valence-corrected chi connectivity index (χ3v) is 8.16. The number of aromatic nitrogens is 1. The number of aryl methyl sites for hydroxylation is 1. The summed E-state index contributed by atoms with van der Waals surface area (Å²) in [5.41, 5.74) is 3.40. The van der Waals surface area contributed by atoms with Gasteiger partial charge >= 0.3 is 5.97 Å². The third-order valence-electron chi connectivity index (χ3n) is 8.16. The summed E-state index contributed by atoms with van der Waals surface area (Å²) in [5.74, 6) is 0.562. The fourth-order valence-electron chi connectivity index (χ4n) is 5.98. The number of esters is 1. The first-order valence-electron chi connectivity index (χ1n) is 15.3. The van der Waals surface area contributed by atoms with Crippen LogP contribution in [0.1, 0.15) is 48.7 Å². The van der Waals surface area contributed by atoms with Gasteiger partial charge in [0.2, 0.25) is 0 Å². The van der Waals surface area contributed by atoms with E-state index in [9.17, 15) is 9.59 Å². The molecule has 2 aromatic carbocycles. The standard InChI is InChI=1S/C32H42N4O4.CH2O2/c1-3-39-30(37)24-29-31(27-10-5-6-11-28(27)33(29)2)32(38)36-21-19-35(20-22-36)25-12-14-26(15-13-25)40-23-9-18-34-16-7-4-8-17-34;2-1-3/h5-6,10-15H,3-4,7-9,16-24H2,1-2H3;1H,(H,2,3). The zero-order valence-corrected chi connectivity index (χ0v) is 25.4. The third kappa shape index (κ3) is 8.28. The number of fused-ring (bicyclic) bond motifs is 1. The molecule has 232 valence electrons. The number of carbonyl (C=O) groups excluding carboxylic acids is 2. The van der Waals surface area contributed by atoms with Crippen LogP contribution in [0.4, 0.5) is 5.69 Å². The van der Waals surface area contributed by atoms with Crippen molar-refractivity contribution in [1.82, 2.24) is 14.4 Å². The number of para-hydroxylation sites is 1. The van der Waals surface area contributed by atoms with Gasteiger partial charge < -0.3 is 33.8 Å². The Bertz CT molecular complexity index is 1340. The molecule has 5 rings (SSSR count). The summed E-state index contributed by atoms with van der Waals surface area (Å²) in [6.07, 6.45) is 5.14. The van der Waals surface area contributed by atoms with Crippen molar-refractivity contribution in [3.8, 4) is 5.75 Å². The van der Waals surface area contributed by atoms with E-state index in [1.54, 1.807) is 6.92 Å². The Kier molecular flexibility index (Phi) is 11.8. The number of amides is 1. The highest BCUT2D eigenvalue weighted by molar-refractivity contribution is 6.09. The van der Waals surface area contributed by atoms with Crippen LogP contribution < -0.4 is 9.64 Å². The van der Waals surface area contributed by atoms with E-state index in [2.05, 4.69) is 21.9 Å². The van der Waals surface area contributed by atoms with Crippen LogP contribution in [0.25, 0.3) is 10.9 Å². The van der Waals surface area contributed by atoms with Crippen LogP contribution in [0.5, 0.6) is 5.75 Å². The molecule has 0 spiro atoms. The number of hydrogen-bond acceptors (Lipinski definition) is 7. The highest BCUT2D eigenvalue weighted by Gasteiger charge is 2.29.